The van der Waals surface area contributed by atoms with Gasteiger partial charge in [-0.15, -0.1) is 0 Å². The molecular weight excluding hydrogens is 262 g/mol. The Morgan fingerprint density at radius 2 is 1.76 bits per heavy atom. The maximum Gasteiger partial charge on any atom is 0.0682 e. The first kappa shape index (κ1) is 14.7. The van der Waals surface area contributed by atoms with Crippen LogP contribution in [0.15, 0.2) is 18.2 Å². The summed E-state index contributed by atoms with van der Waals surface area (Å²) in [7, 11) is 0. The molecule has 2 fully saturated rings. The molecule has 0 amide bonds. The molecule has 1 aliphatic heterocycles. The normalized spacial score (nSPS) is 21.7. The molecule has 0 aromatic heterocycles. The Morgan fingerprint density at radius 3 is 2.38 bits per heavy atom. The van der Waals surface area contributed by atoms with Gasteiger partial charge in [0.15, 0.2) is 0 Å². The molecule has 0 bridgehead atoms. The van der Waals surface area contributed by atoms with Crippen LogP contribution in [-0.4, -0.2) is 42.2 Å². The van der Waals surface area contributed by atoms with Crippen molar-refractivity contribution < 1.29 is 5.11 Å². The molecule has 0 atom stereocenters. The van der Waals surface area contributed by atoms with E-state index in [1.165, 1.54) is 32.1 Å². The van der Waals surface area contributed by atoms with E-state index in [0.29, 0.717) is 0 Å². The third-order valence-electron chi connectivity index (χ3n) is 5.02. The van der Waals surface area contributed by atoms with Gasteiger partial charge in [-0.05, 0) is 30.5 Å². The van der Waals surface area contributed by atoms with Crippen molar-refractivity contribution in [3.05, 3.63) is 23.8 Å². The Balaban J connectivity index is 1.60. The fourth-order valence-electron chi connectivity index (χ4n) is 3.76. The molecule has 2 aliphatic rings. The number of nitrogens with two attached hydrogens (primary N) is 1. The number of nitrogen functional groups attached to an aromatic ring is 1. The smallest absolute Gasteiger partial charge is 0.0682 e. The summed E-state index contributed by atoms with van der Waals surface area (Å²) in [5.41, 5.74) is 8.93. The van der Waals surface area contributed by atoms with Crippen molar-refractivity contribution in [1.82, 2.24) is 4.90 Å². The molecule has 1 aromatic rings. The molecule has 0 radical (unpaired) electrons. The van der Waals surface area contributed by atoms with Gasteiger partial charge in [0.2, 0.25) is 0 Å². The molecular formula is C17H27N3O. The van der Waals surface area contributed by atoms with Gasteiger partial charge >= 0.3 is 0 Å². The standard InChI is InChI=1S/C17H27N3O/c18-16-12-14(13-21)6-7-17(16)20-10-8-19(9-11-20)15-4-2-1-3-5-15/h6-7,12,15,21H,1-5,8-11,13,18H2. The van der Waals surface area contributed by atoms with E-state index in [0.717, 1.165) is 49.2 Å². The van der Waals surface area contributed by atoms with Gasteiger partial charge in [-0.25, -0.2) is 0 Å². The average molecular weight is 289 g/mol. The number of aliphatic hydroxyl groups excluding tert-OH is 1. The lowest BCUT2D eigenvalue weighted by atomic mass is 9.94. The summed E-state index contributed by atoms with van der Waals surface area (Å²) in [5, 5.41) is 9.17. The van der Waals surface area contributed by atoms with E-state index < -0.39 is 0 Å². The number of aliphatic hydroxyl groups is 1. The second-order valence-electron chi connectivity index (χ2n) is 6.37. The van der Waals surface area contributed by atoms with Crippen LogP contribution >= 0.6 is 0 Å². The zero-order valence-corrected chi connectivity index (χ0v) is 12.8. The third kappa shape index (κ3) is 3.33. The summed E-state index contributed by atoms with van der Waals surface area (Å²) < 4.78 is 0. The summed E-state index contributed by atoms with van der Waals surface area (Å²) in [6.45, 7) is 4.45. The minimum absolute atomic E-state index is 0.0555. The van der Waals surface area contributed by atoms with Gasteiger partial charge in [-0.3, -0.25) is 4.90 Å². The molecule has 4 heteroatoms. The third-order valence-corrected chi connectivity index (χ3v) is 5.02. The van der Waals surface area contributed by atoms with Crippen LogP contribution in [-0.2, 0) is 6.61 Å². The van der Waals surface area contributed by atoms with Crippen molar-refractivity contribution in [2.24, 2.45) is 0 Å². The largest absolute Gasteiger partial charge is 0.397 e. The lowest BCUT2D eigenvalue weighted by Crippen LogP contribution is -2.51. The number of hydrogen-bond donors (Lipinski definition) is 2. The number of benzene rings is 1. The fourth-order valence-corrected chi connectivity index (χ4v) is 3.76. The van der Waals surface area contributed by atoms with Gasteiger partial charge < -0.3 is 15.7 Å². The zero-order chi connectivity index (χ0) is 14.7. The number of piperazine rings is 1. The van der Waals surface area contributed by atoms with Crippen molar-refractivity contribution >= 4 is 11.4 Å². The lowest BCUT2D eigenvalue weighted by Gasteiger charge is -2.41. The van der Waals surface area contributed by atoms with Crippen LogP contribution in [0.4, 0.5) is 11.4 Å². The summed E-state index contributed by atoms with van der Waals surface area (Å²) in [6.07, 6.45) is 6.99. The second-order valence-corrected chi connectivity index (χ2v) is 6.37. The maximum atomic E-state index is 9.17. The monoisotopic (exact) mass is 289 g/mol. The molecule has 21 heavy (non-hydrogen) atoms. The number of hydrogen-bond acceptors (Lipinski definition) is 4. The van der Waals surface area contributed by atoms with E-state index >= 15 is 0 Å². The van der Waals surface area contributed by atoms with E-state index in [4.69, 9.17) is 10.8 Å². The van der Waals surface area contributed by atoms with E-state index in [9.17, 15) is 0 Å². The lowest BCUT2D eigenvalue weighted by molar-refractivity contribution is 0.148. The van der Waals surface area contributed by atoms with Crippen LogP contribution in [0.25, 0.3) is 0 Å². The van der Waals surface area contributed by atoms with Crippen LogP contribution in [0, 0.1) is 0 Å². The highest BCUT2D eigenvalue weighted by Crippen LogP contribution is 2.28. The minimum atomic E-state index is 0.0555. The summed E-state index contributed by atoms with van der Waals surface area (Å²) in [5.74, 6) is 0. The molecule has 3 N–H and O–H groups in total. The predicted octanol–water partition coefficient (Wildman–Crippen LogP) is 2.22. The van der Waals surface area contributed by atoms with Gasteiger partial charge in [0, 0.05) is 32.2 Å². The van der Waals surface area contributed by atoms with Gasteiger partial charge in [0.25, 0.3) is 0 Å². The first-order valence-electron chi connectivity index (χ1n) is 8.26. The first-order chi connectivity index (χ1) is 10.3. The van der Waals surface area contributed by atoms with Crippen molar-refractivity contribution in [3.63, 3.8) is 0 Å². The van der Waals surface area contributed by atoms with Crippen LogP contribution in [0.1, 0.15) is 37.7 Å². The highest BCUT2D eigenvalue weighted by atomic mass is 16.3. The summed E-state index contributed by atoms with van der Waals surface area (Å²) >= 11 is 0. The molecule has 1 aromatic carbocycles. The van der Waals surface area contributed by atoms with Crippen molar-refractivity contribution in [1.29, 1.82) is 0 Å². The SMILES string of the molecule is Nc1cc(CO)ccc1N1CCN(C2CCCCC2)CC1. The van der Waals surface area contributed by atoms with Crippen LogP contribution in [0.3, 0.4) is 0 Å². The molecule has 1 aliphatic carbocycles. The molecule has 3 rings (SSSR count). The molecule has 1 heterocycles. The topological polar surface area (TPSA) is 52.7 Å². The van der Waals surface area contributed by atoms with E-state index in [-0.39, 0.29) is 6.61 Å². The van der Waals surface area contributed by atoms with E-state index in [1.54, 1.807) is 0 Å². The van der Waals surface area contributed by atoms with Gasteiger partial charge in [0.1, 0.15) is 0 Å². The highest BCUT2D eigenvalue weighted by Gasteiger charge is 2.25. The highest BCUT2D eigenvalue weighted by molar-refractivity contribution is 5.68. The molecule has 0 spiro atoms. The Bertz CT molecular complexity index is 463. The Labute approximate surface area is 127 Å². The number of rotatable bonds is 3. The second kappa shape index (κ2) is 6.67. The molecule has 1 saturated carbocycles. The van der Waals surface area contributed by atoms with Gasteiger partial charge in [-0.1, -0.05) is 25.3 Å². The maximum absolute atomic E-state index is 9.17. The molecule has 1 saturated heterocycles. The molecule has 116 valence electrons. The quantitative estimate of drug-likeness (QED) is 0.838. The average Bonchev–Trinajstić information content (AvgIpc) is 2.56. The first-order valence-corrected chi connectivity index (χ1v) is 8.26. The van der Waals surface area contributed by atoms with Crippen LogP contribution in [0.2, 0.25) is 0 Å². The fraction of sp³-hybridized carbons (Fsp3) is 0.647. The molecule has 0 unspecified atom stereocenters. The van der Waals surface area contributed by atoms with Crippen molar-refractivity contribution in [2.75, 3.05) is 36.8 Å². The van der Waals surface area contributed by atoms with E-state index in [2.05, 4.69) is 15.9 Å². The zero-order valence-electron chi connectivity index (χ0n) is 12.8. The van der Waals surface area contributed by atoms with Crippen LogP contribution in [0.5, 0.6) is 0 Å². The van der Waals surface area contributed by atoms with Gasteiger partial charge in [-0.2, -0.15) is 0 Å². The Hall–Kier alpha value is -1.26. The summed E-state index contributed by atoms with van der Waals surface area (Å²) in [6, 6.07) is 6.73. The van der Waals surface area contributed by atoms with E-state index in [1.807, 2.05) is 12.1 Å². The number of anilines is 2. The van der Waals surface area contributed by atoms with Gasteiger partial charge in [0.05, 0.1) is 18.0 Å². The Morgan fingerprint density at radius 1 is 1.05 bits per heavy atom. The summed E-state index contributed by atoms with van der Waals surface area (Å²) in [4.78, 5) is 5.06. The Kier molecular flexibility index (Phi) is 4.66. The predicted molar refractivity (Wildman–Crippen MR) is 87.4 cm³/mol. The molecule has 4 nitrogen and oxygen atoms in total. The number of nitrogens with zero attached hydrogens (tertiary/aromatic N) is 2. The van der Waals surface area contributed by atoms with Crippen molar-refractivity contribution in [2.45, 2.75) is 44.8 Å². The van der Waals surface area contributed by atoms with Crippen molar-refractivity contribution in [3.8, 4) is 0 Å². The van der Waals surface area contributed by atoms with Crippen LogP contribution < -0.4 is 10.6 Å². The minimum Gasteiger partial charge on any atom is -0.397 e.